The van der Waals surface area contributed by atoms with Gasteiger partial charge in [-0.15, -0.1) is 0 Å². The van der Waals surface area contributed by atoms with E-state index in [-0.39, 0.29) is 29.6 Å². The van der Waals surface area contributed by atoms with Crippen LogP contribution in [0.25, 0.3) is 0 Å². The lowest BCUT2D eigenvalue weighted by atomic mass is 9.92. The van der Waals surface area contributed by atoms with E-state index < -0.39 is 0 Å². The van der Waals surface area contributed by atoms with Gasteiger partial charge in [-0.3, -0.25) is 14.4 Å². The second kappa shape index (κ2) is 6.91. The summed E-state index contributed by atoms with van der Waals surface area (Å²) in [6.07, 6.45) is 3.21. The zero-order chi connectivity index (χ0) is 15.4. The maximum absolute atomic E-state index is 12.6. The first kappa shape index (κ1) is 15.8. The number of nitrogens with zero attached hydrogens (tertiary/aromatic N) is 2. The molecule has 0 spiro atoms. The lowest BCUT2D eigenvalue weighted by Gasteiger charge is -2.37. The van der Waals surface area contributed by atoms with Gasteiger partial charge in [0.05, 0.1) is 5.92 Å². The first-order chi connectivity index (χ1) is 10.0. The Morgan fingerprint density at radius 1 is 0.952 bits per heavy atom. The molecule has 3 amide bonds. The largest absolute Gasteiger partial charge is 0.359 e. The predicted octanol–water partition coefficient (Wildman–Crippen LogP) is 0.230. The van der Waals surface area contributed by atoms with Crippen molar-refractivity contribution in [2.24, 2.45) is 11.8 Å². The molecule has 0 aromatic carbocycles. The fraction of sp³-hybridized carbons (Fsp3) is 0.800. The summed E-state index contributed by atoms with van der Waals surface area (Å²) in [5, 5.41) is 2.67. The van der Waals surface area contributed by atoms with Gasteiger partial charge in [-0.1, -0.05) is 0 Å². The highest BCUT2D eigenvalue weighted by molar-refractivity contribution is 5.82. The first-order valence-corrected chi connectivity index (χ1v) is 7.78. The third-order valence-electron chi connectivity index (χ3n) is 4.64. The number of piperidine rings is 2. The molecule has 1 atom stereocenters. The maximum atomic E-state index is 12.6. The predicted molar refractivity (Wildman–Crippen MR) is 78.3 cm³/mol. The molecule has 0 saturated carbocycles. The van der Waals surface area contributed by atoms with E-state index in [1.165, 1.54) is 0 Å². The fourth-order valence-corrected chi connectivity index (χ4v) is 3.29. The highest BCUT2D eigenvalue weighted by atomic mass is 16.2. The van der Waals surface area contributed by atoms with Crippen molar-refractivity contribution < 1.29 is 14.4 Å². The minimum Gasteiger partial charge on any atom is -0.359 e. The third kappa shape index (κ3) is 3.74. The number of amides is 3. The molecule has 0 aromatic heterocycles. The molecule has 0 bridgehead atoms. The summed E-state index contributed by atoms with van der Waals surface area (Å²) in [4.78, 5) is 39.2. The third-order valence-corrected chi connectivity index (χ3v) is 4.64. The van der Waals surface area contributed by atoms with Gasteiger partial charge in [-0.25, -0.2) is 0 Å². The Kier molecular flexibility index (Phi) is 5.20. The molecule has 2 heterocycles. The van der Waals surface area contributed by atoms with Crippen molar-refractivity contribution in [3.8, 4) is 0 Å². The monoisotopic (exact) mass is 295 g/mol. The van der Waals surface area contributed by atoms with Gasteiger partial charge in [0.2, 0.25) is 17.7 Å². The van der Waals surface area contributed by atoms with Gasteiger partial charge in [0.1, 0.15) is 0 Å². The molecule has 0 aromatic rings. The summed E-state index contributed by atoms with van der Waals surface area (Å²) >= 11 is 0. The SMILES string of the molecule is CNC(=O)C1CCN(C(=O)[C@H]2CCCN(C(C)=O)C2)CC1. The van der Waals surface area contributed by atoms with Crippen LogP contribution in [-0.2, 0) is 14.4 Å². The van der Waals surface area contributed by atoms with E-state index in [9.17, 15) is 14.4 Å². The van der Waals surface area contributed by atoms with E-state index in [1.807, 2.05) is 4.90 Å². The van der Waals surface area contributed by atoms with Crippen molar-refractivity contribution in [2.75, 3.05) is 33.2 Å². The molecule has 0 unspecified atom stereocenters. The van der Waals surface area contributed by atoms with E-state index in [2.05, 4.69) is 5.32 Å². The summed E-state index contributed by atoms with van der Waals surface area (Å²) < 4.78 is 0. The van der Waals surface area contributed by atoms with Gasteiger partial charge in [0, 0.05) is 46.1 Å². The Bertz CT molecular complexity index is 416. The topological polar surface area (TPSA) is 69.7 Å². The molecule has 2 fully saturated rings. The number of carbonyl (C=O) groups is 3. The van der Waals surface area contributed by atoms with E-state index in [0.717, 1.165) is 32.2 Å². The molecular formula is C15H25N3O3. The Labute approximate surface area is 125 Å². The van der Waals surface area contributed by atoms with E-state index in [1.54, 1.807) is 18.9 Å². The maximum Gasteiger partial charge on any atom is 0.227 e. The van der Waals surface area contributed by atoms with E-state index in [0.29, 0.717) is 19.6 Å². The average molecular weight is 295 g/mol. The Hall–Kier alpha value is -1.59. The lowest BCUT2D eigenvalue weighted by Crippen LogP contribution is -2.49. The van der Waals surface area contributed by atoms with Crippen molar-refractivity contribution in [1.29, 1.82) is 0 Å². The summed E-state index contributed by atoms with van der Waals surface area (Å²) in [7, 11) is 1.65. The minimum absolute atomic E-state index is 0.0270. The fourth-order valence-electron chi connectivity index (χ4n) is 3.29. The summed E-state index contributed by atoms with van der Waals surface area (Å²) in [5.41, 5.74) is 0. The van der Waals surface area contributed by atoms with Crippen LogP contribution in [0.5, 0.6) is 0 Å². The lowest BCUT2D eigenvalue weighted by molar-refractivity contribution is -0.142. The molecule has 0 radical (unpaired) electrons. The summed E-state index contributed by atoms with van der Waals surface area (Å²) in [6, 6.07) is 0. The van der Waals surface area contributed by atoms with Crippen LogP contribution in [-0.4, -0.2) is 60.7 Å². The van der Waals surface area contributed by atoms with Crippen LogP contribution in [0.3, 0.4) is 0 Å². The average Bonchev–Trinajstić information content (AvgIpc) is 2.53. The molecule has 1 N–H and O–H groups in total. The van der Waals surface area contributed by atoms with E-state index >= 15 is 0 Å². The quantitative estimate of drug-likeness (QED) is 0.793. The van der Waals surface area contributed by atoms with Crippen molar-refractivity contribution >= 4 is 17.7 Å². The van der Waals surface area contributed by atoms with Crippen LogP contribution in [0.15, 0.2) is 0 Å². The van der Waals surface area contributed by atoms with Gasteiger partial charge >= 0.3 is 0 Å². The van der Waals surface area contributed by atoms with Crippen LogP contribution < -0.4 is 5.32 Å². The molecule has 2 saturated heterocycles. The summed E-state index contributed by atoms with van der Waals surface area (Å²) in [6.45, 7) is 4.16. The normalized spacial score (nSPS) is 23.8. The molecule has 2 aliphatic rings. The zero-order valence-electron chi connectivity index (χ0n) is 12.9. The van der Waals surface area contributed by atoms with Gasteiger partial charge in [0.25, 0.3) is 0 Å². The van der Waals surface area contributed by atoms with Crippen LogP contribution in [0, 0.1) is 11.8 Å². The van der Waals surface area contributed by atoms with Crippen molar-refractivity contribution in [3.05, 3.63) is 0 Å². The Morgan fingerprint density at radius 2 is 1.62 bits per heavy atom. The smallest absolute Gasteiger partial charge is 0.227 e. The Balaban J connectivity index is 1.87. The Morgan fingerprint density at radius 3 is 2.19 bits per heavy atom. The number of carbonyl (C=O) groups excluding carboxylic acids is 3. The zero-order valence-corrected chi connectivity index (χ0v) is 12.9. The second-order valence-electron chi connectivity index (χ2n) is 6.02. The van der Waals surface area contributed by atoms with Crippen molar-refractivity contribution in [2.45, 2.75) is 32.6 Å². The van der Waals surface area contributed by atoms with Gasteiger partial charge in [-0.2, -0.15) is 0 Å². The number of nitrogens with one attached hydrogen (secondary N) is 1. The van der Waals surface area contributed by atoms with Crippen molar-refractivity contribution in [3.63, 3.8) is 0 Å². The van der Waals surface area contributed by atoms with Crippen molar-refractivity contribution in [1.82, 2.24) is 15.1 Å². The van der Waals surface area contributed by atoms with E-state index in [4.69, 9.17) is 0 Å². The molecule has 21 heavy (non-hydrogen) atoms. The van der Waals surface area contributed by atoms with Gasteiger partial charge in [0.15, 0.2) is 0 Å². The molecule has 118 valence electrons. The molecule has 6 nitrogen and oxygen atoms in total. The number of hydrogen-bond donors (Lipinski definition) is 1. The number of rotatable bonds is 2. The minimum atomic E-state index is -0.0702. The van der Waals surface area contributed by atoms with Gasteiger partial charge in [-0.05, 0) is 25.7 Å². The highest BCUT2D eigenvalue weighted by Gasteiger charge is 2.33. The van der Waals surface area contributed by atoms with Crippen LogP contribution in [0.2, 0.25) is 0 Å². The van der Waals surface area contributed by atoms with Crippen LogP contribution in [0.4, 0.5) is 0 Å². The molecule has 0 aliphatic carbocycles. The van der Waals surface area contributed by atoms with Crippen LogP contribution >= 0.6 is 0 Å². The molecular weight excluding hydrogens is 270 g/mol. The van der Waals surface area contributed by atoms with Gasteiger partial charge < -0.3 is 15.1 Å². The molecule has 2 aliphatic heterocycles. The standard InChI is InChI=1S/C15H25N3O3/c1-11(19)18-7-3-4-13(10-18)15(21)17-8-5-12(6-9-17)14(20)16-2/h12-13H,3-10H2,1-2H3,(H,16,20)/t13-/m0/s1. The second-order valence-corrected chi connectivity index (χ2v) is 6.02. The molecule has 2 rings (SSSR count). The van der Waals surface area contributed by atoms with Crippen LogP contribution in [0.1, 0.15) is 32.6 Å². The molecule has 6 heteroatoms. The number of likely N-dealkylation sites (tertiary alicyclic amines) is 2. The first-order valence-electron chi connectivity index (χ1n) is 7.78. The number of hydrogen-bond acceptors (Lipinski definition) is 3. The highest BCUT2D eigenvalue weighted by Crippen LogP contribution is 2.23. The summed E-state index contributed by atoms with van der Waals surface area (Å²) in [5.74, 6) is 0.225.